The van der Waals surface area contributed by atoms with Crippen LogP contribution in [0.2, 0.25) is 0 Å². The number of amides is 1. The van der Waals surface area contributed by atoms with Crippen LogP contribution in [-0.4, -0.2) is 36.2 Å². The molecule has 6 heteroatoms. The lowest BCUT2D eigenvalue weighted by Crippen LogP contribution is -2.17. The van der Waals surface area contributed by atoms with Gasteiger partial charge in [-0.05, 0) is 53.1 Å². The highest BCUT2D eigenvalue weighted by molar-refractivity contribution is 5.96. The number of carbonyl (C=O) groups excluding carboxylic acids is 2. The van der Waals surface area contributed by atoms with E-state index >= 15 is 0 Å². The molecular formula is C20H18N2O4. The van der Waals surface area contributed by atoms with Crippen molar-refractivity contribution in [2.45, 2.75) is 6.42 Å². The Morgan fingerprint density at radius 1 is 1.15 bits per heavy atom. The Morgan fingerprint density at radius 2 is 1.92 bits per heavy atom. The van der Waals surface area contributed by atoms with Crippen molar-refractivity contribution in [1.29, 1.82) is 0 Å². The average Bonchev–Trinajstić information content (AvgIpc) is 3.14. The summed E-state index contributed by atoms with van der Waals surface area (Å²) in [6.45, 7) is 0.179. The number of aliphatic hydroxyl groups excluding tert-OH is 1. The minimum atomic E-state index is -0.522. The van der Waals surface area contributed by atoms with Crippen molar-refractivity contribution in [3.8, 4) is 5.75 Å². The maximum Gasteiger partial charge on any atom is 0.271 e. The molecule has 2 aromatic carbocycles. The van der Waals surface area contributed by atoms with Crippen LogP contribution < -0.4 is 10.2 Å². The smallest absolute Gasteiger partial charge is 0.271 e. The number of hydrogen-bond acceptors (Lipinski definition) is 5. The highest BCUT2D eigenvalue weighted by Crippen LogP contribution is 2.25. The van der Waals surface area contributed by atoms with E-state index in [-0.39, 0.29) is 11.7 Å². The fraction of sp³-hybridized carbons (Fsp3) is 0.150. The second-order valence-corrected chi connectivity index (χ2v) is 5.74. The normalized spacial score (nSPS) is 13.0. The summed E-state index contributed by atoms with van der Waals surface area (Å²) >= 11 is 0. The molecule has 1 amide bonds. The summed E-state index contributed by atoms with van der Waals surface area (Å²) < 4.78 is 5.45. The lowest BCUT2D eigenvalue weighted by molar-refractivity contribution is -0.117. The zero-order valence-corrected chi connectivity index (χ0v) is 14.0. The van der Waals surface area contributed by atoms with Crippen LogP contribution in [0.5, 0.6) is 5.75 Å². The third-order valence-electron chi connectivity index (χ3n) is 3.88. The average molecular weight is 350 g/mol. The van der Waals surface area contributed by atoms with Crippen molar-refractivity contribution in [3.63, 3.8) is 0 Å². The predicted octanol–water partition coefficient (Wildman–Crippen LogP) is 1.96. The van der Waals surface area contributed by atoms with Gasteiger partial charge in [-0.3, -0.25) is 9.59 Å². The summed E-state index contributed by atoms with van der Waals surface area (Å²) in [5, 5.41) is 12.7. The molecule has 3 rings (SSSR count). The molecule has 0 fully saturated rings. The van der Waals surface area contributed by atoms with E-state index < -0.39 is 6.61 Å². The van der Waals surface area contributed by atoms with Crippen LogP contribution in [0.3, 0.4) is 0 Å². The van der Waals surface area contributed by atoms with Crippen LogP contribution in [0.4, 0.5) is 0 Å². The van der Waals surface area contributed by atoms with E-state index in [0.29, 0.717) is 12.2 Å². The van der Waals surface area contributed by atoms with Crippen molar-refractivity contribution in [2.75, 3.05) is 13.2 Å². The second kappa shape index (κ2) is 8.22. The van der Waals surface area contributed by atoms with Crippen molar-refractivity contribution in [2.24, 2.45) is 5.10 Å². The van der Waals surface area contributed by atoms with E-state index in [1.54, 1.807) is 36.6 Å². The Bertz CT molecular complexity index is 870. The fourth-order valence-electron chi connectivity index (χ4n) is 2.50. The molecule has 132 valence electrons. The lowest BCUT2D eigenvalue weighted by Gasteiger charge is -2.02. The van der Waals surface area contributed by atoms with Crippen LogP contribution in [0.25, 0.3) is 6.08 Å². The van der Waals surface area contributed by atoms with Crippen molar-refractivity contribution in [3.05, 3.63) is 70.8 Å². The van der Waals surface area contributed by atoms with E-state index in [1.165, 1.54) is 6.08 Å². The molecule has 1 heterocycles. The van der Waals surface area contributed by atoms with Gasteiger partial charge >= 0.3 is 0 Å². The highest BCUT2D eigenvalue weighted by Gasteiger charge is 2.11. The molecule has 2 aromatic rings. The molecule has 0 spiro atoms. The molecule has 0 unspecified atom stereocenters. The van der Waals surface area contributed by atoms with Gasteiger partial charge in [0.1, 0.15) is 12.4 Å². The van der Waals surface area contributed by atoms with Crippen LogP contribution in [-0.2, 0) is 11.2 Å². The molecule has 1 aliphatic rings. The van der Waals surface area contributed by atoms with Crippen LogP contribution in [0.15, 0.2) is 53.6 Å². The molecule has 6 nitrogen and oxygen atoms in total. The fourth-order valence-corrected chi connectivity index (χ4v) is 2.50. The Balaban J connectivity index is 1.58. The molecule has 0 radical (unpaired) electrons. The van der Waals surface area contributed by atoms with Crippen molar-refractivity contribution >= 4 is 24.0 Å². The number of hydrazone groups is 1. The number of carbonyl (C=O) groups is 2. The Labute approximate surface area is 150 Å². The quantitative estimate of drug-likeness (QED) is 0.474. The van der Waals surface area contributed by atoms with E-state index in [2.05, 4.69) is 10.5 Å². The third kappa shape index (κ3) is 4.43. The number of rotatable bonds is 6. The van der Waals surface area contributed by atoms with Gasteiger partial charge in [-0.2, -0.15) is 5.10 Å². The zero-order valence-electron chi connectivity index (χ0n) is 14.0. The summed E-state index contributed by atoms with van der Waals surface area (Å²) in [4.78, 5) is 23.1. The molecule has 1 aliphatic heterocycles. The zero-order chi connectivity index (χ0) is 18.4. The lowest BCUT2D eigenvalue weighted by atomic mass is 10.1. The molecule has 0 aliphatic carbocycles. The monoisotopic (exact) mass is 350 g/mol. The van der Waals surface area contributed by atoms with Gasteiger partial charge in [0.25, 0.3) is 5.91 Å². The number of nitrogens with one attached hydrogen (secondary N) is 1. The van der Waals surface area contributed by atoms with Gasteiger partial charge < -0.3 is 9.84 Å². The predicted molar refractivity (Wildman–Crippen MR) is 98.3 cm³/mol. The van der Waals surface area contributed by atoms with Crippen LogP contribution in [0, 0.1) is 0 Å². The number of ketones is 1. The first-order valence-corrected chi connectivity index (χ1v) is 8.16. The molecule has 0 atom stereocenters. The number of nitrogens with zero attached hydrogens (tertiary/aromatic N) is 1. The summed E-state index contributed by atoms with van der Waals surface area (Å²) in [7, 11) is 0. The summed E-state index contributed by atoms with van der Waals surface area (Å²) in [5.41, 5.74) is 5.73. The molecule has 0 saturated carbocycles. The maximum atomic E-state index is 12.1. The van der Waals surface area contributed by atoms with Crippen molar-refractivity contribution in [1.82, 2.24) is 5.43 Å². The minimum Gasteiger partial charge on any atom is -0.493 e. The van der Waals surface area contributed by atoms with Gasteiger partial charge in [-0.1, -0.05) is 18.2 Å². The SMILES string of the molecule is O=C(/C=C/c1ccc(C(=O)N/N=C/c2ccc3c(c2)CCO3)cc1)CO. The summed E-state index contributed by atoms with van der Waals surface area (Å²) in [6, 6.07) is 12.5. The van der Waals surface area contributed by atoms with Gasteiger partial charge in [-0.15, -0.1) is 0 Å². The van der Waals surface area contributed by atoms with E-state index in [9.17, 15) is 9.59 Å². The highest BCUT2D eigenvalue weighted by atomic mass is 16.5. The minimum absolute atomic E-state index is 0.326. The van der Waals surface area contributed by atoms with Crippen LogP contribution >= 0.6 is 0 Å². The standard InChI is InChI=1S/C20H18N2O4/c23-13-18(24)7-3-14-1-5-16(6-2-14)20(25)22-21-12-15-4-8-19-17(11-15)9-10-26-19/h1-8,11-12,23H,9-10,13H2,(H,22,25)/b7-3+,21-12+. The van der Waals surface area contributed by atoms with E-state index in [4.69, 9.17) is 9.84 Å². The molecule has 0 bridgehead atoms. The number of fused-ring (bicyclic) bond motifs is 1. The molecule has 26 heavy (non-hydrogen) atoms. The number of ether oxygens (including phenoxy) is 1. The van der Waals surface area contributed by atoms with Gasteiger partial charge in [-0.25, -0.2) is 5.43 Å². The van der Waals surface area contributed by atoms with E-state index in [0.717, 1.165) is 28.9 Å². The summed E-state index contributed by atoms with van der Waals surface area (Å²) in [6.07, 6.45) is 5.35. The van der Waals surface area contributed by atoms with Gasteiger partial charge in [0, 0.05) is 12.0 Å². The first-order valence-electron chi connectivity index (χ1n) is 8.16. The van der Waals surface area contributed by atoms with Crippen LogP contribution in [0.1, 0.15) is 27.0 Å². The Morgan fingerprint density at radius 3 is 2.69 bits per heavy atom. The molecule has 0 saturated heterocycles. The van der Waals surface area contributed by atoms with E-state index in [1.807, 2.05) is 18.2 Å². The summed E-state index contributed by atoms with van der Waals surface area (Å²) in [5.74, 6) is 0.202. The number of aliphatic hydroxyl groups is 1. The second-order valence-electron chi connectivity index (χ2n) is 5.74. The topological polar surface area (TPSA) is 88.0 Å². The Hall–Kier alpha value is -3.25. The number of hydrogen-bond donors (Lipinski definition) is 2. The van der Waals surface area contributed by atoms with Gasteiger partial charge in [0.15, 0.2) is 5.78 Å². The maximum absolute atomic E-state index is 12.1. The first-order chi connectivity index (χ1) is 12.7. The molecule has 0 aromatic heterocycles. The van der Waals surface area contributed by atoms with Gasteiger partial charge in [0.2, 0.25) is 0 Å². The largest absolute Gasteiger partial charge is 0.493 e. The number of benzene rings is 2. The van der Waals surface area contributed by atoms with Gasteiger partial charge in [0.05, 0.1) is 12.8 Å². The third-order valence-corrected chi connectivity index (χ3v) is 3.88. The molecular weight excluding hydrogens is 332 g/mol. The first kappa shape index (κ1) is 17.6. The Kier molecular flexibility index (Phi) is 5.56. The molecule has 2 N–H and O–H groups in total. The van der Waals surface area contributed by atoms with Crippen molar-refractivity contribution < 1.29 is 19.4 Å².